The molecule has 16 heavy (non-hydrogen) atoms. The van der Waals surface area contributed by atoms with Crippen LogP contribution in [-0.2, 0) is 13.5 Å². The summed E-state index contributed by atoms with van der Waals surface area (Å²) in [6, 6.07) is 0. The lowest BCUT2D eigenvalue weighted by Gasteiger charge is -2.09. The van der Waals surface area contributed by atoms with E-state index in [0.29, 0.717) is 0 Å². The fraction of sp³-hybridized carbons (Fsp3) is 0.583. The summed E-state index contributed by atoms with van der Waals surface area (Å²) < 4.78 is 2.06. The first-order valence-corrected chi connectivity index (χ1v) is 5.94. The Morgan fingerprint density at radius 2 is 2.06 bits per heavy atom. The lowest BCUT2D eigenvalue weighted by molar-refractivity contribution is 0.629. The number of aromatic nitrogens is 4. The van der Waals surface area contributed by atoms with Crippen LogP contribution in [0.4, 0.5) is 0 Å². The first kappa shape index (κ1) is 11.0. The van der Waals surface area contributed by atoms with E-state index in [1.165, 1.54) is 25.7 Å². The Labute approximate surface area is 96.1 Å². The summed E-state index contributed by atoms with van der Waals surface area (Å²) in [5.41, 5.74) is 0.875. The van der Waals surface area contributed by atoms with Crippen LogP contribution >= 0.6 is 0 Å². The summed E-state index contributed by atoms with van der Waals surface area (Å²) in [6.07, 6.45) is 9.66. The maximum atomic E-state index is 4.52. The average Bonchev–Trinajstić information content (AvgIpc) is 2.71. The molecule has 4 heteroatoms. The average molecular weight is 218 g/mol. The van der Waals surface area contributed by atoms with Gasteiger partial charge in [-0.3, -0.25) is 0 Å². The second-order valence-electron chi connectivity index (χ2n) is 4.16. The van der Waals surface area contributed by atoms with Crippen LogP contribution in [0.3, 0.4) is 0 Å². The van der Waals surface area contributed by atoms with Crippen molar-refractivity contribution in [3.8, 4) is 11.5 Å². The van der Waals surface area contributed by atoms with Gasteiger partial charge in [-0.05, 0) is 6.42 Å². The molecule has 2 rings (SSSR count). The molecule has 0 atom stereocenters. The van der Waals surface area contributed by atoms with Gasteiger partial charge in [0.05, 0.1) is 0 Å². The summed E-state index contributed by atoms with van der Waals surface area (Å²) in [7, 11) is 2.02. The van der Waals surface area contributed by atoms with Gasteiger partial charge >= 0.3 is 0 Å². The Hall–Kier alpha value is -1.45. The molecule has 0 saturated carbocycles. The maximum absolute atomic E-state index is 4.52. The van der Waals surface area contributed by atoms with E-state index in [1.54, 1.807) is 6.33 Å². The van der Waals surface area contributed by atoms with E-state index in [-0.39, 0.29) is 0 Å². The van der Waals surface area contributed by atoms with E-state index in [9.17, 15) is 0 Å². The minimum absolute atomic E-state index is 0.767. The topological polar surface area (TPSA) is 43.6 Å². The molecule has 4 nitrogen and oxygen atoms in total. The molecule has 2 aliphatic heterocycles. The van der Waals surface area contributed by atoms with Crippen molar-refractivity contribution < 1.29 is 0 Å². The molecule has 0 aromatic heterocycles. The zero-order chi connectivity index (χ0) is 11.4. The number of unbranched alkanes of at least 4 members (excludes halogenated alkanes) is 3. The molecular weight excluding hydrogens is 200 g/mol. The van der Waals surface area contributed by atoms with Crippen molar-refractivity contribution >= 4 is 0 Å². The van der Waals surface area contributed by atoms with Gasteiger partial charge in [0, 0.05) is 19.7 Å². The number of aryl methyl sites for hydroxylation is 2. The SMILES string of the molecule is CCCCCCc1nc2ncnc-2cn1C. The van der Waals surface area contributed by atoms with Crippen LogP contribution in [0.15, 0.2) is 12.5 Å². The molecule has 0 aromatic carbocycles. The monoisotopic (exact) mass is 218 g/mol. The number of nitrogens with zero attached hydrogens (tertiary/aromatic N) is 4. The van der Waals surface area contributed by atoms with Crippen molar-refractivity contribution in [2.75, 3.05) is 0 Å². The summed E-state index contributed by atoms with van der Waals surface area (Å²) in [5, 5.41) is 0. The number of hydrogen-bond acceptors (Lipinski definition) is 3. The molecule has 0 aromatic rings. The quantitative estimate of drug-likeness (QED) is 0.724. The van der Waals surface area contributed by atoms with Gasteiger partial charge in [0.25, 0.3) is 0 Å². The zero-order valence-electron chi connectivity index (χ0n) is 9.98. The lowest BCUT2D eigenvalue weighted by Crippen LogP contribution is -2.06. The smallest absolute Gasteiger partial charge is 0.182 e. The highest BCUT2D eigenvalue weighted by molar-refractivity contribution is 5.48. The predicted molar refractivity (Wildman–Crippen MR) is 63.3 cm³/mol. The third-order valence-electron chi connectivity index (χ3n) is 2.82. The summed E-state index contributed by atoms with van der Waals surface area (Å²) in [4.78, 5) is 12.8. The highest BCUT2D eigenvalue weighted by Gasteiger charge is 2.10. The van der Waals surface area contributed by atoms with Crippen LogP contribution in [0.1, 0.15) is 38.4 Å². The maximum Gasteiger partial charge on any atom is 0.182 e. The van der Waals surface area contributed by atoms with Crippen molar-refractivity contribution in [3.63, 3.8) is 0 Å². The van der Waals surface area contributed by atoms with Gasteiger partial charge in [0.2, 0.25) is 0 Å². The minimum Gasteiger partial charge on any atom is -0.337 e. The van der Waals surface area contributed by atoms with Crippen LogP contribution in [0.2, 0.25) is 0 Å². The van der Waals surface area contributed by atoms with E-state index in [2.05, 4.69) is 26.4 Å². The summed E-state index contributed by atoms with van der Waals surface area (Å²) >= 11 is 0. The van der Waals surface area contributed by atoms with Gasteiger partial charge < -0.3 is 4.57 Å². The summed E-state index contributed by atoms with van der Waals surface area (Å²) in [5.74, 6) is 1.87. The van der Waals surface area contributed by atoms with Crippen molar-refractivity contribution in [3.05, 3.63) is 18.3 Å². The van der Waals surface area contributed by atoms with Crippen LogP contribution in [0.25, 0.3) is 11.5 Å². The van der Waals surface area contributed by atoms with Crippen molar-refractivity contribution in [1.82, 2.24) is 19.5 Å². The highest BCUT2D eigenvalue weighted by Crippen LogP contribution is 2.15. The van der Waals surface area contributed by atoms with Crippen LogP contribution in [-0.4, -0.2) is 19.5 Å². The zero-order valence-corrected chi connectivity index (χ0v) is 9.98. The number of rotatable bonds is 5. The molecule has 2 aliphatic rings. The molecule has 0 saturated heterocycles. The first-order valence-electron chi connectivity index (χ1n) is 5.94. The van der Waals surface area contributed by atoms with Crippen LogP contribution in [0, 0.1) is 0 Å². The molecule has 0 spiro atoms. The Bertz CT molecular complexity index is 421. The van der Waals surface area contributed by atoms with Crippen LogP contribution in [0.5, 0.6) is 0 Å². The molecule has 0 radical (unpaired) electrons. The Kier molecular flexibility index (Phi) is 3.49. The van der Waals surface area contributed by atoms with Crippen molar-refractivity contribution in [2.24, 2.45) is 7.05 Å². The molecule has 0 bridgehead atoms. The third kappa shape index (κ3) is 2.38. The molecule has 0 fully saturated rings. The first-order chi connectivity index (χ1) is 7.81. The second-order valence-corrected chi connectivity index (χ2v) is 4.16. The molecule has 0 N–H and O–H groups in total. The van der Waals surface area contributed by atoms with Gasteiger partial charge in [0.1, 0.15) is 17.8 Å². The predicted octanol–water partition coefficient (Wildman–Crippen LogP) is 2.44. The van der Waals surface area contributed by atoms with Crippen molar-refractivity contribution in [2.45, 2.75) is 39.0 Å². The molecular formula is C12H18N4. The number of hydrogen-bond donors (Lipinski definition) is 0. The van der Waals surface area contributed by atoms with Gasteiger partial charge in [-0.25, -0.2) is 15.0 Å². The fourth-order valence-electron chi connectivity index (χ4n) is 1.85. The van der Waals surface area contributed by atoms with Gasteiger partial charge in [0.15, 0.2) is 5.82 Å². The van der Waals surface area contributed by atoms with E-state index in [4.69, 9.17) is 0 Å². The van der Waals surface area contributed by atoms with E-state index >= 15 is 0 Å². The Morgan fingerprint density at radius 1 is 1.19 bits per heavy atom. The molecule has 0 amide bonds. The minimum atomic E-state index is 0.767. The lowest BCUT2D eigenvalue weighted by atomic mass is 10.1. The van der Waals surface area contributed by atoms with Gasteiger partial charge in [-0.1, -0.05) is 26.2 Å². The van der Waals surface area contributed by atoms with Crippen LogP contribution < -0.4 is 0 Å². The Balaban J connectivity index is 2.06. The number of fused-ring (bicyclic) bond motifs is 1. The van der Waals surface area contributed by atoms with Gasteiger partial charge in [-0.2, -0.15) is 0 Å². The fourth-order valence-corrected chi connectivity index (χ4v) is 1.85. The second kappa shape index (κ2) is 5.05. The largest absolute Gasteiger partial charge is 0.337 e. The van der Waals surface area contributed by atoms with E-state index < -0.39 is 0 Å². The Morgan fingerprint density at radius 3 is 2.88 bits per heavy atom. The van der Waals surface area contributed by atoms with E-state index in [0.717, 1.165) is 23.8 Å². The third-order valence-corrected chi connectivity index (χ3v) is 2.82. The van der Waals surface area contributed by atoms with Crippen molar-refractivity contribution in [1.29, 1.82) is 0 Å². The summed E-state index contributed by atoms with van der Waals surface area (Å²) in [6.45, 7) is 2.23. The molecule has 2 heterocycles. The normalized spacial score (nSPS) is 11.1. The van der Waals surface area contributed by atoms with Gasteiger partial charge in [-0.15, -0.1) is 0 Å². The standard InChI is InChI=1S/C12H18N4/c1-3-4-5-6-7-11-15-12-10(8-16(11)2)13-9-14-12/h8-9H,3-7H2,1-2H3. The molecule has 0 unspecified atom stereocenters. The van der Waals surface area contributed by atoms with E-state index in [1.807, 2.05) is 13.2 Å². The molecule has 0 aliphatic carbocycles. The molecule has 86 valence electrons. The number of imidazole rings is 1. The highest BCUT2D eigenvalue weighted by atomic mass is 15.1.